The molecule has 1 aliphatic rings. The summed E-state index contributed by atoms with van der Waals surface area (Å²) in [6.07, 6.45) is 2.06. The van der Waals surface area contributed by atoms with Crippen LogP contribution in [0.15, 0.2) is 58.1 Å². The average molecular weight is 442 g/mol. The van der Waals surface area contributed by atoms with E-state index in [1.54, 1.807) is 30.3 Å². The summed E-state index contributed by atoms with van der Waals surface area (Å²) in [5.41, 5.74) is 1.22. The van der Waals surface area contributed by atoms with Crippen molar-refractivity contribution in [3.63, 3.8) is 0 Å². The fraction of sp³-hybridized carbons (Fsp3) is 0.238. The quantitative estimate of drug-likeness (QED) is 0.343. The van der Waals surface area contributed by atoms with Gasteiger partial charge in [-0.2, -0.15) is 0 Å². The molecule has 0 bridgehead atoms. The lowest BCUT2D eigenvalue weighted by molar-refractivity contribution is 0.508. The van der Waals surface area contributed by atoms with E-state index < -0.39 is 0 Å². The summed E-state index contributed by atoms with van der Waals surface area (Å²) in [6, 6.07) is 14.2. The van der Waals surface area contributed by atoms with Crippen LogP contribution in [0.1, 0.15) is 36.9 Å². The van der Waals surface area contributed by atoms with E-state index in [4.69, 9.17) is 16.0 Å². The Balaban J connectivity index is 1.42. The molecular formula is C21H17ClFN5OS. The second-order valence-electron chi connectivity index (χ2n) is 7.10. The van der Waals surface area contributed by atoms with E-state index in [9.17, 15) is 4.39 Å². The minimum absolute atomic E-state index is 0.152. The van der Waals surface area contributed by atoms with Gasteiger partial charge >= 0.3 is 0 Å². The van der Waals surface area contributed by atoms with Crippen molar-refractivity contribution in [1.82, 2.24) is 25.0 Å². The molecule has 0 spiro atoms. The lowest BCUT2D eigenvalue weighted by Gasteiger charge is -2.11. The molecule has 1 atom stereocenters. The van der Waals surface area contributed by atoms with Crippen molar-refractivity contribution >= 4 is 23.4 Å². The van der Waals surface area contributed by atoms with Crippen LogP contribution < -0.4 is 0 Å². The molecule has 2 aromatic carbocycles. The molecule has 0 amide bonds. The second kappa shape index (κ2) is 7.85. The van der Waals surface area contributed by atoms with Crippen molar-refractivity contribution in [2.45, 2.75) is 36.2 Å². The summed E-state index contributed by atoms with van der Waals surface area (Å²) in [5.74, 6) is 1.14. The number of nitrogens with zero attached hydrogens (tertiary/aromatic N) is 5. The van der Waals surface area contributed by atoms with Crippen LogP contribution in [0.25, 0.3) is 22.8 Å². The number of rotatable bonds is 6. The molecule has 30 heavy (non-hydrogen) atoms. The molecule has 1 fully saturated rings. The number of hydrogen-bond donors (Lipinski definition) is 0. The van der Waals surface area contributed by atoms with E-state index in [1.165, 1.54) is 17.8 Å². The van der Waals surface area contributed by atoms with Crippen LogP contribution in [0.2, 0.25) is 5.02 Å². The molecule has 0 aliphatic heterocycles. The van der Waals surface area contributed by atoms with Gasteiger partial charge in [-0.15, -0.1) is 20.4 Å². The van der Waals surface area contributed by atoms with E-state index in [2.05, 4.69) is 20.4 Å². The lowest BCUT2D eigenvalue weighted by atomic mass is 10.2. The summed E-state index contributed by atoms with van der Waals surface area (Å²) in [7, 11) is 0. The Morgan fingerprint density at radius 3 is 2.70 bits per heavy atom. The van der Waals surface area contributed by atoms with Gasteiger partial charge in [0, 0.05) is 16.6 Å². The number of halogens is 2. The normalized spacial score (nSPS) is 14.8. The first kappa shape index (κ1) is 19.3. The van der Waals surface area contributed by atoms with Crippen LogP contribution in [-0.2, 0) is 0 Å². The fourth-order valence-electron chi connectivity index (χ4n) is 3.19. The zero-order valence-corrected chi connectivity index (χ0v) is 17.6. The van der Waals surface area contributed by atoms with Gasteiger partial charge in [0.05, 0.1) is 10.8 Å². The highest BCUT2D eigenvalue weighted by molar-refractivity contribution is 7.99. The summed E-state index contributed by atoms with van der Waals surface area (Å²) >= 11 is 7.52. The molecule has 152 valence electrons. The maximum Gasteiger partial charge on any atom is 0.247 e. The van der Waals surface area contributed by atoms with Gasteiger partial charge in [-0.05, 0) is 50.1 Å². The third-order valence-electron chi connectivity index (χ3n) is 4.83. The Morgan fingerprint density at radius 1 is 1.10 bits per heavy atom. The van der Waals surface area contributed by atoms with E-state index in [0.29, 0.717) is 33.3 Å². The van der Waals surface area contributed by atoms with E-state index in [1.807, 2.05) is 23.6 Å². The van der Waals surface area contributed by atoms with Gasteiger partial charge in [0.25, 0.3) is 0 Å². The maximum absolute atomic E-state index is 14.3. The van der Waals surface area contributed by atoms with Crippen molar-refractivity contribution in [2.75, 3.05) is 0 Å². The van der Waals surface area contributed by atoms with Gasteiger partial charge in [0.2, 0.25) is 11.8 Å². The molecule has 0 saturated heterocycles. The van der Waals surface area contributed by atoms with E-state index in [-0.39, 0.29) is 17.1 Å². The molecule has 2 heterocycles. The van der Waals surface area contributed by atoms with Crippen LogP contribution in [0.5, 0.6) is 0 Å². The maximum atomic E-state index is 14.3. The van der Waals surface area contributed by atoms with Gasteiger partial charge in [0.15, 0.2) is 11.0 Å². The fourth-order valence-corrected chi connectivity index (χ4v) is 4.33. The number of hydrogen-bond acceptors (Lipinski definition) is 6. The topological polar surface area (TPSA) is 69.6 Å². The van der Waals surface area contributed by atoms with Gasteiger partial charge in [-0.1, -0.05) is 41.6 Å². The Hall–Kier alpha value is -2.71. The second-order valence-corrected chi connectivity index (χ2v) is 8.85. The predicted molar refractivity (Wildman–Crippen MR) is 113 cm³/mol. The summed E-state index contributed by atoms with van der Waals surface area (Å²) in [4.78, 5) is 0. The molecule has 1 saturated carbocycles. The first-order valence-corrected chi connectivity index (χ1v) is 10.8. The molecule has 5 rings (SSSR count). The van der Waals surface area contributed by atoms with Gasteiger partial charge < -0.3 is 4.42 Å². The third-order valence-corrected chi connectivity index (χ3v) is 6.11. The van der Waals surface area contributed by atoms with Crippen LogP contribution in [0.4, 0.5) is 4.39 Å². The van der Waals surface area contributed by atoms with Gasteiger partial charge in [-0.3, -0.25) is 4.57 Å². The highest BCUT2D eigenvalue weighted by Gasteiger charge is 2.32. The highest BCUT2D eigenvalue weighted by Crippen LogP contribution is 2.44. The van der Waals surface area contributed by atoms with Gasteiger partial charge in [0.1, 0.15) is 5.82 Å². The smallest absolute Gasteiger partial charge is 0.247 e. The number of thioether (sulfide) groups is 1. The molecule has 0 unspecified atom stereocenters. The molecule has 1 aliphatic carbocycles. The SMILES string of the molecule is C[C@@H](Sc1nnc(-c2ccccc2F)n1C1CC1)c1nnc(-c2cccc(Cl)c2)o1. The van der Waals surface area contributed by atoms with Crippen molar-refractivity contribution in [3.8, 4) is 22.8 Å². The molecule has 2 aromatic heterocycles. The van der Waals surface area contributed by atoms with Crippen molar-refractivity contribution in [2.24, 2.45) is 0 Å². The average Bonchev–Trinajstić information content (AvgIpc) is 3.30. The Labute approximate surface area is 181 Å². The van der Waals surface area contributed by atoms with Gasteiger partial charge in [-0.25, -0.2) is 4.39 Å². The molecule has 0 N–H and O–H groups in total. The van der Waals surface area contributed by atoms with E-state index in [0.717, 1.165) is 18.4 Å². The first-order valence-electron chi connectivity index (χ1n) is 9.56. The largest absolute Gasteiger partial charge is 0.419 e. The third kappa shape index (κ3) is 3.73. The Morgan fingerprint density at radius 2 is 1.93 bits per heavy atom. The summed E-state index contributed by atoms with van der Waals surface area (Å²) < 4.78 is 22.2. The minimum atomic E-state index is -0.306. The Bertz CT molecular complexity index is 1210. The van der Waals surface area contributed by atoms with Crippen LogP contribution in [0.3, 0.4) is 0 Å². The van der Waals surface area contributed by atoms with Crippen molar-refractivity contribution < 1.29 is 8.81 Å². The van der Waals surface area contributed by atoms with Crippen LogP contribution in [-0.4, -0.2) is 25.0 Å². The van der Waals surface area contributed by atoms with Crippen LogP contribution >= 0.6 is 23.4 Å². The predicted octanol–water partition coefficient (Wildman–Crippen LogP) is 5.98. The standard InChI is InChI=1S/C21H17ClFN5OS/c1-12(19-25-26-20(29-19)13-5-4-6-14(22)11-13)30-21-27-24-18(28(21)15-9-10-15)16-7-2-3-8-17(16)23/h2-8,11-12,15H,9-10H2,1H3/t12-/m1/s1. The molecule has 9 heteroatoms. The van der Waals surface area contributed by atoms with Crippen LogP contribution in [0, 0.1) is 5.82 Å². The number of aromatic nitrogens is 5. The number of benzene rings is 2. The van der Waals surface area contributed by atoms with E-state index >= 15 is 0 Å². The van der Waals surface area contributed by atoms with Crippen molar-refractivity contribution in [3.05, 3.63) is 65.3 Å². The van der Waals surface area contributed by atoms with Crippen molar-refractivity contribution in [1.29, 1.82) is 0 Å². The molecule has 4 aromatic rings. The summed E-state index contributed by atoms with van der Waals surface area (Å²) in [6.45, 7) is 1.97. The molecular weight excluding hydrogens is 425 g/mol. The monoisotopic (exact) mass is 441 g/mol. The molecule has 0 radical (unpaired) electrons. The minimum Gasteiger partial charge on any atom is -0.419 e. The lowest BCUT2D eigenvalue weighted by Crippen LogP contribution is -2.02. The zero-order valence-electron chi connectivity index (χ0n) is 16.0. The Kier molecular flexibility index (Phi) is 5.04. The summed E-state index contributed by atoms with van der Waals surface area (Å²) in [5, 5.41) is 18.1. The highest BCUT2D eigenvalue weighted by atomic mass is 35.5. The zero-order chi connectivity index (χ0) is 20.7. The molecule has 6 nitrogen and oxygen atoms in total. The first-order chi connectivity index (χ1) is 14.6.